The Kier molecular flexibility index (Phi) is 8.18. The molecule has 0 N–H and O–H groups in total. The molecule has 90 valence electrons. The van der Waals surface area contributed by atoms with E-state index in [1.807, 2.05) is 39.8 Å². The fourth-order valence-corrected chi connectivity index (χ4v) is 1.72. The molecule has 1 saturated carbocycles. The summed E-state index contributed by atoms with van der Waals surface area (Å²) in [6, 6.07) is 8.22. The van der Waals surface area contributed by atoms with Gasteiger partial charge < -0.3 is 0 Å². The summed E-state index contributed by atoms with van der Waals surface area (Å²) in [6.07, 6.45) is 1.48. The summed E-state index contributed by atoms with van der Waals surface area (Å²) in [4.78, 5) is 10.7. The Morgan fingerprint density at radius 3 is 1.81 bits per heavy atom. The molecule has 1 aliphatic rings. The van der Waals surface area contributed by atoms with Crippen molar-refractivity contribution in [1.82, 2.24) is 0 Å². The number of benzene rings is 1. The van der Waals surface area contributed by atoms with Crippen molar-refractivity contribution < 1.29 is 4.79 Å². The van der Waals surface area contributed by atoms with Gasteiger partial charge in [0.1, 0.15) is 5.78 Å². The maximum absolute atomic E-state index is 10.7. The van der Waals surface area contributed by atoms with Crippen LogP contribution in [-0.2, 0) is 4.79 Å². The van der Waals surface area contributed by atoms with E-state index in [0.29, 0.717) is 11.7 Å². The number of hydrogen-bond donors (Lipinski definition) is 0. The van der Waals surface area contributed by atoms with Crippen molar-refractivity contribution in [1.29, 1.82) is 0 Å². The van der Waals surface area contributed by atoms with Gasteiger partial charge in [-0.3, -0.25) is 4.79 Å². The van der Waals surface area contributed by atoms with E-state index in [-0.39, 0.29) is 0 Å². The predicted molar refractivity (Wildman–Crippen MR) is 73.8 cm³/mol. The molecule has 1 fully saturated rings. The highest BCUT2D eigenvalue weighted by atomic mass is 79.9. The summed E-state index contributed by atoms with van der Waals surface area (Å²) >= 11 is 3.38. The number of rotatable bonds is 1. The normalized spacial score (nSPS) is 13.9. The van der Waals surface area contributed by atoms with Crippen LogP contribution in [0, 0.1) is 0 Å². The van der Waals surface area contributed by atoms with Crippen LogP contribution in [0.25, 0.3) is 0 Å². The van der Waals surface area contributed by atoms with Gasteiger partial charge in [0.05, 0.1) is 0 Å². The second-order valence-corrected chi connectivity index (χ2v) is 4.11. The average Bonchev–Trinajstić information content (AvgIpc) is 2.32. The van der Waals surface area contributed by atoms with E-state index in [4.69, 9.17) is 0 Å². The number of ketones is 1. The first kappa shape index (κ1) is 15.4. The first-order valence-electron chi connectivity index (χ1n) is 6.03. The molecule has 0 aliphatic heterocycles. The van der Waals surface area contributed by atoms with Crippen molar-refractivity contribution in [2.45, 2.75) is 46.5 Å². The van der Waals surface area contributed by atoms with Gasteiger partial charge in [-0.15, -0.1) is 0 Å². The third-order valence-electron chi connectivity index (χ3n) is 2.29. The molecule has 1 aliphatic carbocycles. The van der Waals surface area contributed by atoms with Gasteiger partial charge in [0.25, 0.3) is 0 Å². The fourth-order valence-electron chi connectivity index (χ4n) is 1.46. The van der Waals surface area contributed by atoms with Crippen LogP contribution in [0.1, 0.15) is 52.0 Å². The quantitative estimate of drug-likeness (QED) is 0.713. The molecule has 0 amide bonds. The van der Waals surface area contributed by atoms with Gasteiger partial charge in [0, 0.05) is 17.3 Å². The lowest BCUT2D eigenvalue weighted by atomic mass is 9.79. The van der Waals surface area contributed by atoms with Crippen LogP contribution in [0.2, 0.25) is 0 Å². The summed E-state index contributed by atoms with van der Waals surface area (Å²) in [5.74, 6) is 0.883. The summed E-state index contributed by atoms with van der Waals surface area (Å²) in [6.45, 7) is 8.00. The summed E-state index contributed by atoms with van der Waals surface area (Å²) < 4.78 is 1.09. The largest absolute Gasteiger partial charge is 0.300 e. The number of carbonyl (C=O) groups is 1. The van der Waals surface area contributed by atoms with Crippen molar-refractivity contribution >= 4 is 21.7 Å². The van der Waals surface area contributed by atoms with E-state index in [2.05, 4.69) is 28.1 Å². The number of hydrogen-bond acceptors (Lipinski definition) is 1. The SMILES string of the molecule is CC.CC.O=C1CC(c2ccc(Br)cc2)C1. The number of Topliss-reactive ketones (excluding diaryl/α,β-unsaturated/α-hetero) is 1. The van der Waals surface area contributed by atoms with Crippen molar-refractivity contribution in [3.63, 3.8) is 0 Å². The minimum Gasteiger partial charge on any atom is -0.300 e. The molecule has 0 spiro atoms. The molecule has 0 saturated heterocycles. The van der Waals surface area contributed by atoms with Gasteiger partial charge in [-0.2, -0.15) is 0 Å². The first-order chi connectivity index (χ1) is 7.75. The Morgan fingerprint density at radius 2 is 1.44 bits per heavy atom. The highest BCUT2D eigenvalue weighted by Crippen LogP contribution is 2.33. The molecule has 0 heterocycles. The molecule has 0 radical (unpaired) electrons. The van der Waals surface area contributed by atoms with Gasteiger partial charge in [-0.25, -0.2) is 0 Å². The number of carbonyl (C=O) groups excluding carboxylic acids is 1. The van der Waals surface area contributed by atoms with Crippen molar-refractivity contribution in [3.8, 4) is 0 Å². The van der Waals surface area contributed by atoms with E-state index in [0.717, 1.165) is 17.3 Å². The Bertz CT molecular complexity index is 295. The van der Waals surface area contributed by atoms with Crippen LogP contribution < -0.4 is 0 Å². The van der Waals surface area contributed by atoms with E-state index in [1.165, 1.54) is 5.56 Å². The zero-order chi connectivity index (χ0) is 12.6. The van der Waals surface area contributed by atoms with Crippen LogP contribution in [0.5, 0.6) is 0 Å². The highest BCUT2D eigenvalue weighted by molar-refractivity contribution is 9.10. The lowest BCUT2D eigenvalue weighted by molar-refractivity contribution is -0.124. The molecule has 16 heavy (non-hydrogen) atoms. The Hall–Kier alpha value is -0.630. The standard InChI is InChI=1S/C10H9BrO.2C2H6/c11-9-3-1-7(2-4-9)8-5-10(12)6-8;2*1-2/h1-4,8H,5-6H2;2*1-2H3. The molecule has 0 unspecified atom stereocenters. The van der Waals surface area contributed by atoms with Crippen LogP contribution in [0.15, 0.2) is 28.7 Å². The van der Waals surface area contributed by atoms with E-state index < -0.39 is 0 Å². The smallest absolute Gasteiger partial charge is 0.134 e. The molecule has 2 rings (SSSR count). The topological polar surface area (TPSA) is 17.1 Å². The second-order valence-electron chi connectivity index (χ2n) is 3.20. The molecule has 0 atom stereocenters. The molecule has 0 bridgehead atoms. The third kappa shape index (κ3) is 4.48. The molecule has 2 heteroatoms. The van der Waals surface area contributed by atoms with Gasteiger partial charge in [0.2, 0.25) is 0 Å². The molecular weight excluding hydrogens is 264 g/mol. The Balaban J connectivity index is 0.000000509. The summed E-state index contributed by atoms with van der Waals surface area (Å²) in [5, 5.41) is 0. The second kappa shape index (κ2) is 8.51. The van der Waals surface area contributed by atoms with Crippen molar-refractivity contribution in [2.75, 3.05) is 0 Å². The highest BCUT2D eigenvalue weighted by Gasteiger charge is 2.27. The lowest BCUT2D eigenvalue weighted by Gasteiger charge is -2.24. The van der Waals surface area contributed by atoms with E-state index >= 15 is 0 Å². The summed E-state index contributed by atoms with van der Waals surface area (Å²) in [5.41, 5.74) is 1.29. The molecule has 0 aromatic heterocycles. The minimum absolute atomic E-state index is 0.392. The Morgan fingerprint density at radius 1 is 1.00 bits per heavy atom. The summed E-state index contributed by atoms with van der Waals surface area (Å²) in [7, 11) is 0. The van der Waals surface area contributed by atoms with Crippen LogP contribution in [0.4, 0.5) is 0 Å². The molecule has 1 nitrogen and oxygen atoms in total. The Labute approximate surface area is 107 Å². The van der Waals surface area contributed by atoms with Gasteiger partial charge in [0.15, 0.2) is 0 Å². The average molecular weight is 285 g/mol. The predicted octanol–water partition coefficient (Wildman–Crippen LogP) is 4.95. The van der Waals surface area contributed by atoms with Crippen LogP contribution >= 0.6 is 15.9 Å². The zero-order valence-corrected chi connectivity index (χ0v) is 12.2. The van der Waals surface area contributed by atoms with E-state index in [9.17, 15) is 4.79 Å². The maximum Gasteiger partial charge on any atom is 0.134 e. The van der Waals surface area contributed by atoms with Crippen LogP contribution in [0.3, 0.4) is 0 Å². The number of halogens is 1. The minimum atomic E-state index is 0.392. The van der Waals surface area contributed by atoms with E-state index in [1.54, 1.807) is 0 Å². The van der Waals surface area contributed by atoms with Gasteiger partial charge in [-0.1, -0.05) is 55.8 Å². The first-order valence-corrected chi connectivity index (χ1v) is 6.82. The third-order valence-corrected chi connectivity index (χ3v) is 2.82. The fraction of sp³-hybridized carbons (Fsp3) is 0.500. The lowest BCUT2D eigenvalue weighted by Crippen LogP contribution is -2.20. The molecule has 1 aromatic rings. The van der Waals surface area contributed by atoms with Gasteiger partial charge in [-0.05, 0) is 23.6 Å². The van der Waals surface area contributed by atoms with Crippen LogP contribution in [-0.4, -0.2) is 5.78 Å². The maximum atomic E-state index is 10.7. The monoisotopic (exact) mass is 284 g/mol. The van der Waals surface area contributed by atoms with Crippen molar-refractivity contribution in [2.24, 2.45) is 0 Å². The molecular formula is C14H21BrO. The van der Waals surface area contributed by atoms with Crippen molar-refractivity contribution in [3.05, 3.63) is 34.3 Å². The molecule has 1 aromatic carbocycles. The zero-order valence-electron chi connectivity index (χ0n) is 10.6. The van der Waals surface area contributed by atoms with Gasteiger partial charge >= 0.3 is 0 Å².